The molecule has 1 aliphatic rings. The van der Waals surface area contributed by atoms with Crippen molar-refractivity contribution in [2.24, 2.45) is 0 Å². The Labute approximate surface area is 134 Å². The molecule has 0 unspecified atom stereocenters. The number of nitrogens with one attached hydrogen (secondary N) is 2. The maximum absolute atomic E-state index is 12.1. The molecule has 2 heterocycles. The van der Waals surface area contributed by atoms with Gasteiger partial charge in [0.2, 0.25) is 0 Å². The summed E-state index contributed by atoms with van der Waals surface area (Å²) in [7, 11) is 0. The number of rotatable bonds is 3. The Morgan fingerprint density at radius 2 is 1.87 bits per heavy atom. The molecule has 0 bridgehead atoms. The third kappa shape index (κ3) is 2.77. The molecule has 23 heavy (non-hydrogen) atoms. The number of H-pyrrole nitrogens is 1. The number of benzene rings is 2. The lowest BCUT2D eigenvalue weighted by atomic mass is 10.0. The zero-order valence-corrected chi connectivity index (χ0v) is 12.7. The Hall–Kier alpha value is -2.82. The molecule has 5 nitrogen and oxygen atoms in total. The molecule has 3 aromatic rings. The summed E-state index contributed by atoms with van der Waals surface area (Å²) in [4.78, 5) is 21.9. The van der Waals surface area contributed by atoms with Crippen molar-refractivity contribution in [3.8, 4) is 0 Å². The van der Waals surface area contributed by atoms with Gasteiger partial charge in [-0.15, -0.1) is 0 Å². The second kappa shape index (κ2) is 5.76. The van der Waals surface area contributed by atoms with Crippen molar-refractivity contribution in [3.63, 3.8) is 0 Å². The maximum atomic E-state index is 12.1. The molecule has 1 fully saturated rings. The zero-order chi connectivity index (χ0) is 15.6. The number of carbonyl (C=O) groups is 1. The largest absolute Gasteiger partial charge is 0.342 e. The maximum Gasteiger partial charge on any atom is 0.317 e. The van der Waals surface area contributed by atoms with E-state index in [0.29, 0.717) is 25.6 Å². The molecule has 0 atom stereocenters. The molecule has 0 spiro atoms. The van der Waals surface area contributed by atoms with Crippen LogP contribution in [-0.4, -0.2) is 34.0 Å². The number of nitrogens with zero attached hydrogens (tertiary/aromatic N) is 2. The van der Waals surface area contributed by atoms with Crippen LogP contribution < -0.4 is 5.32 Å². The SMILES string of the molecule is O=C(NCc1ccccc1)N1CC(c2nc3ccccc3[nH]2)C1. The average molecular weight is 306 g/mol. The number of urea groups is 1. The van der Waals surface area contributed by atoms with E-state index in [0.717, 1.165) is 22.4 Å². The molecule has 1 aliphatic heterocycles. The fourth-order valence-corrected chi connectivity index (χ4v) is 2.87. The zero-order valence-electron chi connectivity index (χ0n) is 12.7. The van der Waals surface area contributed by atoms with E-state index in [1.165, 1.54) is 0 Å². The topological polar surface area (TPSA) is 61.0 Å². The van der Waals surface area contributed by atoms with E-state index < -0.39 is 0 Å². The van der Waals surface area contributed by atoms with Crippen molar-refractivity contribution in [3.05, 3.63) is 66.0 Å². The number of imidazole rings is 1. The second-order valence-electron chi connectivity index (χ2n) is 5.89. The first-order chi connectivity index (χ1) is 11.3. The number of hydrogen-bond acceptors (Lipinski definition) is 2. The molecule has 2 aromatic carbocycles. The molecular formula is C18H18N4O. The van der Waals surface area contributed by atoms with E-state index in [2.05, 4.69) is 15.3 Å². The van der Waals surface area contributed by atoms with Crippen LogP contribution in [0.25, 0.3) is 11.0 Å². The monoisotopic (exact) mass is 306 g/mol. The summed E-state index contributed by atoms with van der Waals surface area (Å²) in [6.45, 7) is 1.98. The lowest BCUT2D eigenvalue weighted by Gasteiger charge is -2.38. The Kier molecular flexibility index (Phi) is 3.46. The average Bonchev–Trinajstić information content (AvgIpc) is 2.96. The van der Waals surface area contributed by atoms with Gasteiger partial charge in [-0.1, -0.05) is 42.5 Å². The molecule has 1 saturated heterocycles. The van der Waals surface area contributed by atoms with Gasteiger partial charge in [-0.25, -0.2) is 9.78 Å². The van der Waals surface area contributed by atoms with Crippen LogP contribution in [0.3, 0.4) is 0 Å². The van der Waals surface area contributed by atoms with Gasteiger partial charge in [-0.2, -0.15) is 0 Å². The number of hydrogen-bond donors (Lipinski definition) is 2. The Bertz CT molecular complexity index is 788. The smallest absolute Gasteiger partial charge is 0.317 e. The first-order valence-electron chi connectivity index (χ1n) is 7.81. The van der Waals surface area contributed by atoms with E-state index in [-0.39, 0.29) is 6.03 Å². The number of para-hydroxylation sites is 2. The van der Waals surface area contributed by atoms with E-state index in [9.17, 15) is 4.79 Å². The third-order valence-corrected chi connectivity index (χ3v) is 4.25. The van der Waals surface area contributed by atoms with Crippen molar-refractivity contribution in [2.75, 3.05) is 13.1 Å². The summed E-state index contributed by atoms with van der Waals surface area (Å²) in [5, 5.41) is 2.96. The van der Waals surface area contributed by atoms with Gasteiger partial charge in [0.05, 0.1) is 17.0 Å². The van der Waals surface area contributed by atoms with Crippen LogP contribution in [0.15, 0.2) is 54.6 Å². The Morgan fingerprint density at radius 3 is 2.65 bits per heavy atom. The number of fused-ring (bicyclic) bond motifs is 1. The molecule has 5 heteroatoms. The molecule has 4 rings (SSSR count). The fourth-order valence-electron chi connectivity index (χ4n) is 2.87. The van der Waals surface area contributed by atoms with Gasteiger partial charge in [0.25, 0.3) is 0 Å². The number of likely N-dealkylation sites (tertiary alicyclic amines) is 1. The highest BCUT2D eigenvalue weighted by atomic mass is 16.2. The molecule has 0 aliphatic carbocycles. The van der Waals surface area contributed by atoms with Gasteiger partial charge < -0.3 is 15.2 Å². The van der Waals surface area contributed by atoms with Crippen molar-refractivity contribution in [1.82, 2.24) is 20.2 Å². The summed E-state index contributed by atoms with van der Waals surface area (Å²) in [6, 6.07) is 17.9. The minimum absolute atomic E-state index is 0.0128. The highest BCUT2D eigenvalue weighted by molar-refractivity contribution is 5.76. The van der Waals surface area contributed by atoms with Gasteiger partial charge in [0, 0.05) is 19.6 Å². The highest BCUT2D eigenvalue weighted by Gasteiger charge is 2.33. The minimum atomic E-state index is -0.0128. The predicted molar refractivity (Wildman–Crippen MR) is 89.1 cm³/mol. The van der Waals surface area contributed by atoms with Crippen molar-refractivity contribution in [1.29, 1.82) is 0 Å². The van der Waals surface area contributed by atoms with Gasteiger partial charge in [0.1, 0.15) is 5.82 Å². The van der Waals surface area contributed by atoms with Crippen LogP contribution in [0.2, 0.25) is 0 Å². The van der Waals surface area contributed by atoms with Crippen molar-refractivity contribution >= 4 is 17.1 Å². The summed E-state index contributed by atoms with van der Waals surface area (Å²) >= 11 is 0. The van der Waals surface area contributed by atoms with Gasteiger partial charge in [0.15, 0.2) is 0 Å². The van der Waals surface area contributed by atoms with Gasteiger partial charge in [-0.3, -0.25) is 0 Å². The molecule has 2 N–H and O–H groups in total. The van der Waals surface area contributed by atoms with Crippen molar-refractivity contribution in [2.45, 2.75) is 12.5 Å². The van der Waals surface area contributed by atoms with Crippen LogP contribution in [-0.2, 0) is 6.54 Å². The quantitative estimate of drug-likeness (QED) is 0.781. The van der Waals surface area contributed by atoms with E-state index >= 15 is 0 Å². The molecule has 2 amide bonds. The summed E-state index contributed by atoms with van der Waals surface area (Å²) in [5.74, 6) is 1.27. The predicted octanol–water partition coefficient (Wildman–Crippen LogP) is 2.87. The Morgan fingerprint density at radius 1 is 1.13 bits per heavy atom. The van der Waals surface area contributed by atoms with Crippen LogP contribution in [0, 0.1) is 0 Å². The van der Waals surface area contributed by atoms with E-state index in [4.69, 9.17) is 0 Å². The third-order valence-electron chi connectivity index (χ3n) is 4.25. The molecule has 1 aromatic heterocycles. The number of aromatic nitrogens is 2. The van der Waals surface area contributed by atoms with E-state index in [1.54, 1.807) is 0 Å². The number of aromatic amines is 1. The summed E-state index contributed by atoms with van der Waals surface area (Å²) in [5.41, 5.74) is 3.14. The molecular weight excluding hydrogens is 288 g/mol. The number of amides is 2. The second-order valence-corrected chi connectivity index (χ2v) is 5.89. The Balaban J connectivity index is 1.33. The summed E-state index contributed by atoms with van der Waals surface area (Å²) in [6.07, 6.45) is 0. The van der Waals surface area contributed by atoms with Gasteiger partial charge in [-0.05, 0) is 17.7 Å². The van der Waals surface area contributed by atoms with Crippen LogP contribution >= 0.6 is 0 Å². The van der Waals surface area contributed by atoms with Crippen molar-refractivity contribution < 1.29 is 4.79 Å². The highest BCUT2D eigenvalue weighted by Crippen LogP contribution is 2.26. The lowest BCUT2D eigenvalue weighted by molar-refractivity contribution is 0.148. The molecule has 0 radical (unpaired) electrons. The first kappa shape index (κ1) is 13.8. The molecule has 116 valence electrons. The standard InChI is InChI=1S/C18H18N4O/c23-18(19-10-13-6-2-1-3-7-13)22-11-14(12-22)17-20-15-8-4-5-9-16(15)21-17/h1-9,14H,10-12H2,(H,19,23)(H,20,21). The normalized spacial score (nSPS) is 14.7. The van der Waals surface area contributed by atoms with Gasteiger partial charge >= 0.3 is 6.03 Å². The minimum Gasteiger partial charge on any atom is -0.342 e. The number of carbonyl (C=O) groups excluding carboxylic acids is 1. The van der Waals surface area contributed by atoms with Crippen LogP contribution in [0.5, 0.6) is 0 Å². The van der Waals surface area contributed by atoms with E-state index in [1.807, 2.05) is 59.5 Å². The lowest BCUT2D eigenvalue weighted by Crippen LogP contribution is -2.52. The fraction of sp³-hybridized carbons (Fsp3) is 0.222. The first-order valence-corrected chi connectivity index (χ1v) is 7.81. The summed E-state index contributed by atoms with van der Waals surface area (Å²) < 4.78 is 0. The van der Waals surface area contributed by atoms with Crippen LogP contribution in [0.1, 0.15) is 17.3 Å². The van der Waals surface area contributed by atoms with Crippen LogP contribution in [0.4, 0.5) is 4.79 Å². The molecule has 0 saturated carbocycles.